The van der Waals surface area contributed by atoms with Gasteiger partial charge in [0.25, 0.3) is 0 Å². The Hall–Kier alpha value is -2.51. The van der Waals surface area contributed by atoms with Crippen LogP contribution in [0.3, 0.4) is 0 Å². The monoisotopic (exact) mass is 382 g/mol. The van der Waals surface area contributed by atoms with Gasteiger partial charge in [0.05, 0.1) is 11.8 Å². The van der Waals surface area contributed by atoms with E-state index in [2.05, 4.69) is 51.8 Å². The number of benzene rings is 1. The van der Waals surface area contributed by atoms with E-state index in [0.29, 0.717) is 16.5 Å². The first-order valence-corrected chi connectivity index (χ1v) is 9.95. The average Bonchev–Trinajstić information content (AvgIpc) is 3.46. The number of rotatable bonds is 7. The first kappa shape index (κ1) is 17.9. The molecule has 4 rings (SSSR count). The minimum Gasteiger partial charge on any atom is -0.479 e. The summed E-state index contributed by atoms with van der Waals surface area (Å²) in [5, 5.41) is 6.88. The van der Waals surface area contributed by atoms with E-state index in [1.54, 1.807) is 7.11 Å². The summed E-state index contributed by atoms with van der Waals surface area (Å²) in [5.41, 5.74) is 3.97. The molecule has 0 aliphatic heterocycles. The van der Waals surface area contributed by atoms with Gasteiger partial charge in [-0.15, -0.1) is 0 Å². The molecule has 2 N–H and O–H groups in total. The number of aromatic nitrogens is 2. The number of hydrogen-bond acceptors (Lipinski definition) is 6. The highest BCUT2D eigenvalue weighted by Gasteiger charge is 2.30. The van der Waals surface area contributed by atoms with Gasteiger partial charge in [0.15, 0.2) is 5.13 Å². The van der Waals surface area contributed by atoms with E-state index in [4.69, 9.17) is 4.74 Å². The zero-order chi connectivity index (χ0) is 18.8. The van der Waals surface area contributed by atoms with Gasteiger partial charge in [-0.05, 0) is 36.6 Å². The van der Waals surface area contributed by atoms with Gasteiger partial charge in [-0.1, -0.05) is 36.5 Å². The predicted molar refractivity (Wildman–Crippen MR) is 108 cm³/mol. The van der Waals surface area contributed by atoms with Gasteiger partial charge in [-0.3, -0.25) is 4.79 Å². The number of amides is 1. The number of methoxy groups -OCH3 is 1. The molecule has 1 amide bonds. The van der Waals surface area contributed by atoms with Gasteiger partial charge in [0.1, 0.15) is 5.52 Å². The SMILES string of the molecule is CCNCc1cccc(-c2cnc(OC)c3nc(NC(=O)C4CC4)sc23)c1. The van der Waals surface area contributed by atoms with Crippen molar-refractivity contribution in [1.29, 1.82) is 0 Å². The van der Waals surface area contributed by atoms with Crippen LogP contribution in [-0.2, 0) is 11.3 Å². The van der Waals surface area contributed by atoms with Crippen molar-refractivity contribution >= 4 is 32.6 Å². The predicted octanol–water partition coefficient (Wildman–Crippen LogP) is 3.82. The lowest BCUT2D eigenvalue weighted by molar-refractivity contribution is -0.117. The van der Waals surface area contributed by atoms with E-state index < -0.39 is 0 Å². The van der Waals surface area contributed by atoms with Crippen LogP contribution in [0.4, 0.5) is 5.13 Å². The molecule has 2 aromatic heterocycles. The molecule has 0 saturated heterocycles. The van der Waals surface area contributed by atoms with Crippen molar-refractivity contribution in [3.8, 4) is 17.0 Å². The van der Waals surface area contributed by atoms with E-state index in [1.807, 2.05) is 6.20 Å². The number of hydrogen-bond donors (Lipinski definition) is 2. The summed E-state index contributed by atoms with van der Waals surface area (Å²) in [6.07, 6.45) is 3.75. The van der Waals surface area contributed by atoms with E-state index in [0.717, 1.165) is 41.8 Å². The van der Waals surface area contributed by atoms with Crippen molar-refractivity contribution in [2.45, 2.75) is 26.3 Å². The van der Waals surface area contributed by atoms with Crippen molar-refractivity contribution in [2.75, 3.05) is 19.0 Å². The Labute approximate surface area is 162 Å². The number of carbonyl (C=O) groups excluding carboxylic acids is 1. The highest BCUT2D eigenvalue weighted by molar-refractivity contribution is 7.23. The van der Waals surface area contributed by atoms with Crippen LogP contribution < -0.4 is 15.4 Å². The Kier molecular flexibility index (Phi) is 5.05. The van der Waals surface area contributed by atoms with Crippen molar-refractivity contribution in [1.82, 2.24) is 15.3 Å². The molecule has 27 heavy (non-hydrogen) atoms. The molecule has 0 spiro atoms. The lowest BCUT2D eigenvalue weighted by Gasteiger charge is -2.08. The third kappa shape index (κ3) is 3.79. The van der Waals surface area contributed by atoms with E-state index in [-0.39, 0.29) is 11.8 Å². The number of thiazole rings is 1. The average molecular weight is 382 g/mol. The van der Waals surface area contributed by atoms with E-state index >= 15 is 0 Å². The molecule has 0 radical (unpaired) electrons. The van der Waals surface area contributed by atoms with Crippen LogP contribution in [0.15, 0.2) is 30.5 Å². The molecular weight excluding hydrogens is 360 g/mol. The van der Waals surface area contributed by atoms with Crippen molar-refractivity contribution in [2.24, 2.45) is 5.92 Å². The molecule has 0 bridgehead atoms. The largest absolute Gasteiger partial charge is 0.479 e. The highest BCUT2D eigenvalue weighted by atomic mass is 32.1. The Bertz CT molecular complexity index is 981. The maximum absolute atomic E-state index is 12.1. The molecule has 0 atom stereocenters. The minimum absolute atomic E-state index is 0.0511. The smallest absolute Gasteiger partial charge is 0.241 e. The molecule has 1 aliphatic carbocycles. The van der Waals surface area contributed by atoms with Crippen LogP contribution in [0.25, 0.3) is 21.3 Å². The number of carbonyl (C=O) groups is 1. The molecule has 1 fully saturated rings. The van der Waals surface area contributed by atoms with Gasteiger partial charge in [0.2, 0.25) is 11.8 Å². The molecule has 6 nitrogen and oxygen atoms in total. The molecule has 1 aliphatic rings. The number of pyridine rings is 1. The van der Waals surface area contributed by atoms with Crippen molar-refractivity contribution < 1.29 is 9.53 Å². The highest BCUT2D eigenvalue weighted by Crippen LogP contribution is 2.39. The molecule has 2 heterocycles. The Morgan fingerprint density at radius 3 is 2.96 bits per heavy atom. The first-order valence-electron chi connectivity index (χ1n) is 9.14. The van der Waals surface area contributed by atoms with E-state index in [9.17, 15) is 4.79 Å². The summed E-state index contributed by atoms with van der Waals surface area (Å²) in [6.45, 7) is 3.84. The first-order chi connectivity index (χ1) is 13.2. The van der Waals surface area contributed by atoms with E-state index in [1.165, 1.54) is 16.9 Å². The van der Waals surface area contributed by atoms with Gasteiger partial charge in [-0.25, -0.2) is 9.97 Å². The Morgan fingerprint density at radius 2 is 2.22 bits per heavy atom. The number of fused-ring (bicyclic) bond motifs is 1. The number of nitrogens with zero attached hydrogens (tertiary/aromatic N) is 2. The van der Waals surface area contributed by atoms with Gasteiger partial charge < -0.3 is 15.4 Å². The number of anilines is 1. The van der Waals surface area contributed by atoms with Crippen LogP contribution in [0.2, 0.25) is 0 Å². The van der Waals surface area contributed by atoms with Gasteiger partial charge >= 0.3 is 0 Å². The summed E-state index contributed by atoms with van der Waals surface area (Å²) in [5.74, 6) is 0.662. The molecule has 7 heteroatoms. The fraction of sp³-hybridized carbons (Fsp3) is 0.350. The molecule has 1 aromatic carbocycles. The quantitative estimate of drug-likeness (QED) is 0.650. The van der Waals surface area contributed by atoms with Gasteiger partial charge in [-0.2, -0.15) is 0 Å². The molecular formula is C20H22N4O2S. The zero-order valence-corrected chi connectivity index (χ0v) is 16.2. The van der Waals surface area contributed by atoms with Crippen LogP contribution in [0, 0.1) is 5.92 Å². The maximum atomic E-state index is 12.1. The van der Waals surface area contributed by atoms with Crippen LogP contribution in [-0.4, -0.2) is 29.5 Å². The second-order valence-electron chi connectivity index (χ2n) is 6.62. The molecule has 0 unspecified atom stereocenters. The fourth-order valence-electron chi connectivity index (χ4n) is 2.97. The lowest BCUT2D eigenvalue weighted by atomic mass is 10.0. The minimum atomic E-state index is 0.0511. The topological polar surface area (TPSA) is 76.1 Å². The van der Waals surface area contributed by atoms with Crippen LogP contribution in [0.1, 0.15) is 25.3 Å². The second-order valence-corrected chi connectivity index (χ2v) is 7.62. The third-order valence-corrected chi connectivity index (χ3v) is 5.58. The number of nitrogens with one attached hydrogen (secondary N) is 2. The van der Waals surface area contributed by atoms with Crippen molar-refractivity contribution in [3.05, 3.63) is 36.0 Å². The molecule has 1 saturated carbocycles. The number of ether oxygens (including phenoxy) is 1. The van der Waals surface area contributed by atoms with Crippen molar-refractivity contribution in [3.63, 3.8) is 0 Å². The summed E-state index contributed by atoms with van der Waals surface area (Å²) < 4.78 is 6.35. The normalized spacial score (nSPS) is 13.7. The second kappa shape index (κ2) is 7.62. The third-order valence-electron chi connectivity index (χ3n) is 4.57. The summed E-state index contributed by atoms with van der Waals surface area (Å²) in [7, 11) is 1.58. The lowest BCUT2D eigenvalue weighted by Crippen LogP contribution is -2.12. The standard InChI is InChI=1S/C20H22N4O2S/c1-3-21-10-12-5-4-6-14(9-12)15-11-22-19(26-2)16-17(15)27-20(23-16)24-18(25)13-7-8-13/h4-6,9,11,13,21H,3,7-8,10H2,1-2H3,(H,23,24,25). The van der Waals surface area contributed by atoms with Gasteiger partial charge in [0, 0.05) is 24.2 Å². The summed E-state index contributed by atoms with van der Waals surface area (Å²) >= 11 is 1.47. The van der Waals surface area contributed by atoms with Crippen LogP contribution in [0.5, 0.6) is 5.88 Å². The van der Waals surface area contributed by atoms with Crippen LogP contribution >= 0.6 is 11.3 Å². The Balaban J connectivity index is 1.74. The fourth-order valence-corrected chi connectivity index (χ4v) is 3.96. The zero-order valence-electron chi connectivity index (χ0n) is 15.4. The summed E-state index contributed by atoms with van der Waals surface area (Å²) in [6, 6.07) is 8.39. The molecule has 3 aromatic rings. The summed E-state index contributed by atoms with van der Waals surface area (Å²) in [4.78, 5) is 21.1. The molecule has 140 valence electrons. The maximum Gasteiger partial charge on any atom is 0.241 e. The Morgan fingerprint density at radius 1 is 1.37 bits per heavy atom.